The molecule has 9 heteroatoms. The molecule has 1 aliphatic rings. The number of nitrogens with two attached hydrogens (primary N) is 1. The van der Waals surface area contributed by atoms with Crippen molar-refractivity contribution >= 4 is 42.1 Å². The number of ether oxygens (including phenoxy) is 2. The standard InChI is InChI=1S/C21H24N4O3.2ClH/c22-20(15-7-10-27-11-8-15)21(26)24-16-4-3-5-18(12-16)28-14-17-13-25-9-2-1-6-19(25)23-17;;/h1-6,9,12-13,15,20H,7-8,10-11,14,22H2,(H,24,26);2*1H. The number of pyridine rings is 1. The fraction of sp³-hybridized carbons (Fsp3) is 0.333. The second kappa shape index (κ2) is 11.2. The van der Waals surface area contributed by atoms with Gasteiger partial charge in [0, 0.05) is 37.4 Å². The van der Waals surface area contributed by atoms with E-state index in [2.05, 4.69) is 10.3 Å². The van der Waals surface area contributed by atoms with Gasteiger partial charge in [0.05, 0.1) is 11.7 Å². The van der Waals surface area contributed by atoms with Gasteiger partial charge in [0.15, 0.2) is 0 Å². The van der Waals surface area contributed by atoms with Crippen LogP contribution in [0.25, 0.3) is 5.65 Å². The predicted octanol–water partition coefficient (Wildman–Crippen LogP) is 3.45. The summed E-state index contributed by atoms with van der Waals surface area (Å²) in [7, 11) is 0. The summed E-state index contributed by atoms with van der Waals surface area (Å²) in [4.78, 5) is 17.0. The molecule has 3 heterocycles. The van der Waals surface area contributed by atoms with Gasteiger partial charge in [0.1, 0.15) is 18.0 Å². The lowest BCUT2D eigenvalue weighted by Crippen LogP contribution is -2.43. The first-order valence-electron chi connectivity index (χ1n) is 9.49. The predicted molar refractivity (Wildman–Crippen MR) is 121 cm³/mol. The van der Waals surface area contributed by atoms with Crippen LogP contribution in [0.2, 0.25) is 0 Å². The van der Waals surface area contributed by atoms with Crippen LogP contribution in [0.3, 0.4) is 0 Å². The molecular weight excluding hydrogens is 427 g/mol. The lowest BCUT2D eigenvalue weighted by atomic mass is 9.92. The molecule has 1 aromatic carbocycles. The molecule has 0 saturated carbocycles. The van der Waals surface area contributed by atoms with Crippen LogP contribution in [0.4, 0.5) is 5.69 Å². The van der Waals surface area contributed by atoms with Gasteiger partial charge in [-0.25, -0.2) is 4.98 Å². The minimum absolute atomic E-state index is 0. The number of hydrogen-bond acceptors (Lipinski definition) is 5. The van der Waals surface area contributed by atoms with Gasteiger partial charge in [-0.05, 0) is 43.0 Å². The van der Waals surface area contributed by atoms with Crippen molar-refractivity contribution in [2.45, 2.75) is 25.5 Å². The average molecular weight is 453 g/mol. The Morgan fingerprint density at radius 3 is 2.80 bits per heavy atom. The number of nitrogens with zero attached hydrogens (tertiary/aromatic N) is 2. The lowest BCUT2D eigenvalue weighted by molar-refractivity contribution is -0.119. The summed E-state index contributed by atoms with van der Waals surface area (Å²) in [5.41, 5.74) is 8.52. The molecule has 0 bridgehead atoms. The van der Waals surface area contributed by atoms with Crippen molar-refractivity contribution in [3.63, 3.8) is 0 Å². The van der Waals surface area contributed by atoms with E-state index in [4.69, 9.17) is 15.2 Å². The van der Waals surface area contributed by atoms with Crippen molar-refractivity contribution < 1.29 is 14.3 Å². The molecule has 162 valence electrons. The number of anilines is 1. The maximum absolute atomic E-state index is 12.5. The number of carbonyl (C=O) groups excluding carboxylic acids is 1. The molecule has 30 heavy (non-hydrogen) atoms. The van der Waals surface area contributed by atoms with Crippen molar-refractivity contribution in [3.8, 4) is 5.75 Å². The first-order valence-corrected chi connectivity index (χ1v) is 9.49. The van der Waals surface area contributed by atoms with Gasteiger partial charge >= 0.3 is 0 Å². The van der Waals surface area contributed by atoms with Gasteiger partial charge in [-0.1, -0.05) is 12.1 Å². The second-order valence-electron chi connectivity index (χ2n) is 6.98. The SMILES string of the molecule is Cl.Cl.NC(C(=O)Nc1cccc(OCc2cn3ccccc3n2)c1)C1CCOCC1. The second-order valence-corrected chi connectivity index (χ2v) is 6.98. The molecule has 1 unspecified atom stereocenters. The number of aromatic nitrogens is 2. The number of benzene rings is 1. The Labute approximate surface area is 187 Å². The Morgan fingerprint density at radius 2 is 2.03 bits per heavy atom. The van der Waals surface area contributed by atoms with E-state index in [9.17, 15) is 4.79 Å². The molecule has 1 atom stereocenters. The van der Waals surface area contributed by atoms with E-state index < -0.39 is 6.04 Å². The number of rotatable bonds is 6. The molecule has 3 aromatic rings. The minimum atomic E-state index is -0.536. The summed E-state index contributed by atoms with van der Waals surface area (Å²) in [6, 6.07) is 12.6. The van der Waals surface area contributed by atoms with Crippen LogP contribution in [-0.4, -0.2) is 34.5 Å². The third-order valence-electron chi connectivity index (χ3n) is 4.98. The van der Waals surface area contributed by atoms with Gasteiger partial charge < -0.3 is 24.9 Å². The lowest BCUT2D eigenvalue weighted by Gasteiger charge is -2.26. The van der Waals surface area contributed by atoms with Crippen LogP contribution in [0.1, 0.15) is 18.5 Å². The highest BCUT2D eigenvalue weighted by Crippen LogP contribution is 2.21. The van der Waals surface area contributed by atoms with Crippen LogP contribution in [-0.2, 0) is 16.1 Å². The fourth-order valence-corrected chi connectivity index (χ4v) is 3.39. The third-order valence-corrected chi connectivity index (χ3v) is 4.98. The van der Waals surface area contributed by atoms with E-state index in [0.717, 1.165) is 24.2 Å². The Hall–Kier alpha value is -2.32. The molecule has 2 aromatic heterocycles. The smallest absolute Gasteiger partial charge is 0.241 e. The molecule has 0 aliphatic carbocycles. The molecule has 7 nitrogen and oxygen atoms in total. The van der Waals surface area contributed by atoms with Crippen LogP contribution in [0.15, 0.2) is 54.9 Å². The Kier molecular flexibility index (Phi) is 8.92. The highest BCUT2D eigenvalue weighted by molar-refractivity contribution is 5.95. The number of imidazole rings is 1. The Bertz CT molecular complexity index is 927. The van der Waals surface area contributed by atoms with E-state index in [-0.39, 0.29) is 36.6 Å². The number of halogens is 2. The van der Waals surface area contributed by atoms with Crippen molar-refractivity contribution in [2.75, 3.05) is 18.5 Å². The summed E-state index contributed by atoms with van der Waals surface area (Å²) in [6.45, 7) is 1.68. The van der Waals surface area contributed by atoms with E-state index >= 15 is 0 Å². The van der Waals surface area contributed by atoms with Crippen molar-refractivity contribution in [1.82, 2.24) is 9.38 Å². The molecule has 1 fully saturated rings. The molecule has 0 spiro atoms. The summed E-state index contributed by atoms with van der Waals surface area (Å²) >= 11 is 0. The monoisotopic (exact) mass is 452 g/mol. The van der Waals surface area contributed by atoms with Crippen molar-refractivity contribution in [1.29, 1.82) is 0 Å². The third kappa shape index (κ3) is 5.86. The topological polar surface area (TPSA) is 90.9 Å². The molecular formula is C21H26Cl2N4O3. The van der Waals surface area contributed by atoms with Crippen molar-refractivity contribution in [2.24, 2.45) is 11.7 Å². The van der Waals surface area contributed by atoms with Gasteiger partial charge in [-0.2, -0.15) is 0 Å². The van der Waals surface area contributed by atoms with E-state index in [0.29, 0.717) is 31.3 Å². The molecule has 1 amide bonds. The number of amides is 1. The van der Waals surface area contributed by atoms with Gasteiger partial charge in [0.2, 0.25) is 5.91 Å². The van der Waals surface area contributed by atoms with Gasteiger partial charge in [-0.15, -0.1) is 24.8 Å². The van der Waals surface area contributed by atoms with Crippen LogP contribution in [0, 0.1) is 5.92 Å². The molecule has 1 saturated heterocycles. The Balaban J connectivity index is 0.00000160. The first kappa shape index (κ1) is 24.0. The zero-order chi connectivity index (χ0) is 19.3. The molecule has 0 radical (unpaired) electrons. The minimum Gasteiger partial charge on any atom is -0.487 e. The largest absolute Gasteiger partial charge is 0.487 e. The van der Waals surface area contributed by atoms with Crippen LogP contribution >= 0.6 is 24.8 Å². The number of nitrogens with one attached hydrogen (secondary N) is 1. The zero-order valence-electron chi connectivity index (χ0n) is 16.4. The average Bonchev–Trinajstić information content (AvgIpc) is 3.16. The van der Waals surface area contributed by atoms with Crippen molar-refractivity contribution in [3.05, 3.63) is 60.6 Å². The zero-order valence-corrected chi connectivity index (χ0v) is 18.0. The normalized spacial score (nSPS) is 15.0. The van der Waals surface area contributed by atoms with E-state index in [1.54, 1.807) is 6.07 Å². The van der Waals surface area contributed by atoms with Gasteiger partial charge in [-0.3, -0.25) is 4.79 Å². The molecule has 1 aliphatic heterocycles. The number of fused-ring (bicyclic) bond motifs is 1. The maximum atomic E-state index is 12.5. The molecule has 4 rings (SSSR count). The summed E-state index contributed by atoms with van der Waals surface area (Å²) in [6.07, 6.45) is 5.52. The summed E-state index contributed by atoms with van der Waals surface area (Å²) in [5, 5.41) is 2.89. The number of hydrogen-bond donors (Lipinski definition) is 2. The van der Waals surface area contributed by atoms with E-state index in [1.165, 1.54) is 0 Å². The molecule has 3 N–H and O–H groups in total. The first-order chi connectivity index (χ1) is 13.7. The fourth-order valence-electron chi connectivity index (χ4n) is 3.39. The van der Waals surface area contributed by atoms with E-state index in [1.807, 2.05) is 53.2 Å². The van der Waals surface area contributed by atoms with Crippen LogP contribution in [0.5, 0.6) is 5.75 Å². The number of carbonyl (C=O) groups is 1. The highest BCUT2D eigenvalue weighted by Gasteiger charge is 2.26. The summed E-state index contributed by atoms with van der Waals surface area (Å²) in [5.74, 6) is 0.641. The Morgan fingerprint density at radius 1 is 1.23 bits per heavy atom. The maximum Gasteiger partial charge on any atom is 0.241 e. The van der Waals surface area contributed by atoms with Crippen LogP contribution < -0.4 is 15.8 Å². The highest BCUT2D eigenvalue weighted by atomic mass is 35.5. The summed E-state index contributed by atoms with van der Waals surface area (Å²) < 4.78 is 13.1. The quantitative estimate of drug-likeness (QED) is 0.597. The van der Waals surface area contributed by atoms with Gasteiger partial charge in [0.25, 0.3) is 0 Å².